The third-order valence-electron chi connectivity index (χ3n) is 3.46. The van der Waals surface area contributed by atoms with Crippen LogP contribution >= 0.6 is 11.6 Å². The van der Waals surface area contributed by atoms with E-state index in [2.05, 4.69) is 11.4 Å². The summed E-state index contributed by atoms with van der Waals surface area (Å²) in [6, 6.07) is 13.4. The van der Waals surface area contributed by atoms with Gasteiger partial charge in [-0.2, -0.15) is 0 Å². The predicted molar refractivity (Wildman–Crippen MR) is 82.0 cm³/mol. The van der Waals surface area contributed by atoms with Crippen LogP contribution in [0.5, 0.6) is 5.75 Å². The second kappa shape index (κ2) is 6.46. The van der Waals surface area contributed by atoms with Gasteiger partial charge in [-0.3, -0.25) is 0 Å². The van der Waals surface area contributed by atoms with E-state index < -0.39 is 5.82 Å². The highest BCUT2D eigenvalue weighted by atomic mass is 35.5. The largest absolute Gasteiger partial charge is 0.489 e. The molecule has 21 heavy (non-hydrogen) atoms. The zero-order chi connectivity index (χ0) is 14.7. The monoisotopic (exact) mass is 305 g/mol. The number of nitrogens with one attached hydrogen (secondary N) is 1. The lowest BCUT2D eigenvalue weighted by atomic mass is 10.2. The van der Waals surface area contributed by atoms with Crippen LogP contribution in [0.1, 0.15) is 24.0 Å². The van der Waals surface area contributed by atoms with Gasteiger partial charge in [-0.15, -0.1) is 0 Å². The van der Waals surface area contributed by atoms with Gasteiger partial charge in [0.05, 0.1) is 5.02 Å². The fraction of sp³-hybridized carbons (Fsp3) is 0.294. The Bertz CT molecular complexity index is 628. The number of rotatable bonds is 6. The Morgan fingerprint density at radius 3 is 2.76 bits per heavy atom. The van der Waals surface area contributed by atoms with Gasteiger partial charge in [0.2, 0.25) is 0 Å². The van der Waals surface area contributed by atoms with Crippen molar-refractivity contribution < 1.29 is 9.13 Å². The molecule has 0 atom stereocenters. The van der Waals surface area contributed by atoms with Gasteiger partial charge in [-0.05, 0) is 48.2 Å². The van der Waals surface area contributed by atoms with Crippen LogP contribution in [0.15, 0.2) is 42.5 Å². The highest BCUT2D eigenvalue weighted by Gasteiger charge is 2.19. The quantitative estimate of drug-likeness (QED) is 0.858. The Hall–Kier alpha value is -1.58. The van der Waals surface area contributed by atoms with Gasteiger partial charge in [0.1, 0.15) is 18.2 Å². The molecule has 0 amide bonds. The molecule has 0 spiro atoms. The molecular formula is C17H17ClFNO. The normalized spacial score (nSPS) is 14.2. The SMILES string of the molecule is Fc1cc(COc2cccc(CNC3CC3)c2)ccc1Cl. The second-order valence-corrected chi connectivity index (χ2v) is 5.75. The summed E-state index contributed by atoms with van der Waals surface area (Å²) in [6.45, 7) is 1.19. The van der Waals surface area contributed by atoms with Crippen molar-refractivity contribution in [3.63, 3.8) is 0 Å². The molecule has 0 aromatic heterocycles. The Morgan fingerprint density at radius 1 is 1.14 bits per heavy atom. The van der Waals surface area contributed by atoms with E-state index in [0.717, 1.165) is 17.9 Å². The molecule has 1 aliphatic rings. The second-order valence-electron chi connectivity index (χ2n) is 5.34. The van der Waals surface area contributed by atoms with Gasteiger partial charge in [-0.25, -0.2) is 4.39 Å². The Kier molecular flexibility index (Phi) is 4.42. The van der Waals surface area contributed by atoms with Gasteiger partial charge in [-0.1, -0.05) is 29.8 Å². The molecule has 1 saturated carbocycles. The number of hydrogen-bond acceptors (Lipinski definition) is 2. The molecule has 0 aliphatic heterocycles. The Balaban J connectivity index is 1.58. The maximum Gasteiger partial charge on any atom is 0.142 e. The molecule has 1 fully saturated rings. The van der Waals surface area contributed by atoms with Crippen molar-refractivity contribution in [2.24, 2.45) is 0 Å². The Labute approximate surface area is 128 Å². The van der Waals surface area contributed by atoms with Crippen LogP contribution in [0, 0.1) is 5.82 Å². The smallest absolute Gasteiger partial charge is 0.142 e. The van der Waals surface area contributed by atoms with E-state index in [1.165, 1.54) is 24.5 Å². The van der Waals surface area contributed by atoms with Crippen LogP contribution in [-0.4, -0.2) is 6.04 Å². The summed E-state index contributed by atoms with van der Waals surface area (Å²) in [6.07, 6.45) is 2.55. The van der Waals surface area contributed by atoms with Crippen molar-refractivity contribution in [2.75, 3.05) is 0 Å². The number of halogens is 2. The van der Waals surface area contributed by atoms with E-state index in [1.54, 1.807) is 12.1 Å². The molecule has 2 aromatic carbocycles. The van der Waals surface area contributed by atoms with Gasteiger partial charge in [0.25, 0.3) is 0 Å². The minimum atomic E-state index is -0.417. The summed E-state index contributed by atoms with van der Waals surface area (Å²) in [7, 11) is 0. The first-order valence-corrected chi connectivity index (χ1v) is 7.47. The minimum Gasteiger partial charge on any atom is -0.489 e. The lowest BCUT2D eigenvalue weighted by Crippen LogP contribution is -2.15. The van der Waals surface area contributed by atoms with E-state index in [1.807, 2.05) is 18.2 Å². The molecule has 3 rings (SSSR count). The third-order valence-corrected chi connectivity index (χ3v) is 3.77. The van der Waals surface area contributed by atoms with E-state index in [0.29, 0.717) is 12.6 Å². The van der Waals surface area contributed by atoms with Gasteiger partial charge < -0.3 is 10.1 Å². The number of hydrogen-bond donors (Lipinski definition) is 1. The molecule has 0 radical (unpaired) electrons. The standard InChI is InChI=1S/C17H17ClFNO/c18-16-7-4-13(9-17(16)19)11-21-15-3-1-2-12(8-15)10-20-14-5-6-14/h1-4,7-9,14,20H,5-6,10-11H2. The molecule has 1 aliphatic carbocycles. The van der Waals surface area contributed by atoms with Crippen molar-refractivity contribution >= 4 is 11.6 Å². The first-order valence-electron chi connectivity index (χ1n) is 7.10. The van der Waals surface area contributed by atoms with Crippen LogP contribution < -0.4 is 10.1 Å². The van der Waals surface area contributed by atoms with Crippen LogP contribution in [0.25, 0.3) is 0 Å². The van der Waals surface area contributed by atoms with Crippen LogP contribution in [0.3, 0.4) is 0 Å². The van der Waals surface area contributed by atoms with Crippen LogP contribution in [0.2, 0.25) is 5.02 Å². The molecule has 1 N–H and O–H groups in total. The number of benzene rings is 2. The van der Waals surface area contributed by atoms with Crippen molar-refractivity contribution in [1.29, 1.82) is 0 Å². The molecular weight excluding hydrogens is 289 g/mol. The topological polar surface area (TPSA) is 21.3 Å². The van der Waals surface area contributed by atoms with Crippen molar-refractivity contribution in [3.05, 3.63) is 64.4 Å². The summed E-state index contributed by atoms with van der Waals surface area (Å²) >= 11 is 5.66. The molecule has 2 aromatic rings. The van der Waals surface area contributed by atoms with Gasteiger partial charge in [0.15, 0.2) is 0 Å². The number of ether oxygens (including phenoxy) is 1. The summed E-state index contributed by atoms with van der Waals surface area (Å²) < 4.78 is 19.1. The summed E-state index contributed by atoms with van der Waals surface area (Å²) in [5.74, 6) is 0.376. The maximum atomic E-state index is 13.4. The molecule has 0 saturated heterocycles. The summed E-state index contributed by atoms with van der Waals surface area (Å²) in [4.78, 5) is 0. The van der Waals surface area contributed by atoms with Crippen LogP contribution in [-0.2, 0) is 13.2 Å². The molecule has 0 unspecified atom stereocenters. The van der Waals surface area contributed by atoms with Crippen molar-refractivity contribution in [1.82, 2.24) is 5.32 Å². The average Bonchev–Trinajstić information content (AvgIpc) is 3.31. The van der Waals surface area contributed by atoms with E-state index in [4.69, 9.17) is 16.3 Å². The molecule has 110 valence electrons. The summed E-state index contributed by atoms with van der Waals surface area (Å²) in [5.41, 5.74) is 1.96. The van der Waals surface area contributed by atoms with Gasteiger partial charge in [0, 0.05) is 12.6 Å². The Morgan fingerprint density at radius 2 is 2.00 bits per heavy atom. The lowest BCUT2D eigenvalue weighted by molar-refractivity contribution is 0.305. The van der Waals surface area contributed by atoms with E-state index in [9.17, 15) is 4.39 Å². The lowest BCUT2D eigenvalue weighted by Gasteiger charge is -2.09. The highest BCUT2D eigenvalue weighted by Crippen LogP contribution is 2.21. The fourth-order valence-corrected chi connectivity index (χ4v) is 2.21. The van der Waals surface area contributed by atoms with E-state index in [-0.39, 0.29) is 5.02 Å². The molecule has 0 bridgehead atoms. The van der Waals surface area contributed by atoms with Crippen molar-refractivity contribution in [3.8, 4) is 5.75 Å². The first kappa shape index (κ1) is 14.4. The zero-order valence-corrected chi connectivity index (χ0v) is 12.4. The average molecular weight is 306 g/mol. The van der Waals surface area contributed by atoms with Gasteiger partial charge >= 0.3 is 0 Å². The fourth-order valence-electron chi connectivity index (χ4n) is 2.09. The first-order chi connectivity index (χ1) is 10.2. The molecule has 4 heteroatoms. The molecule has 2 nitrogen and oxygen atoms in total. The minimum absolute atomic E-state index is 0.131. The molecule has 0 heterocycles. The zero-order valence-electron chi connectivity index (χ0n) is 11.6. The predicted octanol–water partition coefficient (Wildman–Crippen LogP) is 4.31. The van der Waals surface area contributed by atoms with Crippen LogP contribution in [0.4, 0.5) is 4.39 Å². The van der Waals surface area contributed by atoms with E-state index >= 15 is 0 Å². The summed E-state index contributed by atoms with van der Waals surface area (Å²) in [5, 5.41) is 3.60. The third kappa shape index (κ3) is 4.19. The highest BCUT2D eigenvalue weighted by molar-refractivity contribution is 6.30. The van der Waals surface area contributed by atoms with Crippen molar-refractivity contribution in [2.45, 2.75) is 32.0 Å². The maximum absolute atomic E-state index is 13.4.